The zero-order chi connectivity index (χ0) is 16.4. The van der Waals surface area contributed by atoms with Crippen molar-refractivity contribution in [3.8, 4) is 11.5 Å². The van der Waals surface area contributed by atoms with Crippen molar-refractivity contribution >= 4 is 5.91 Å². The van der Waals surface area contributed by atoms with E-state index in [-0.39, 0.29) is 11.9 Å². The van der Waals surface area contributed by atoms with Gasteiger partial charge in [-0.2, -0.15) is 5.10 Å². The Morgan fingerprint density at radius 3 is 2.52 bits per heavy atom. The topological polar surface area (TPSA) is 56.6 Å². The summed E-state index contributed by atoms with van der Waals surface area (Å²) in [5, 5.41) is 4.16. The van der Waals surface area contributed by atoms with Crippen molar-refractivity contribution in [2.45, 2.75) is 25.9 Å². The molecule has 1 aliphatic rings. The molecule has 6 nitrogen and oxygen atoms in total. The molecule has 23 heavy (non-hydrogen) atoms. The molecule has 0 saturated carbocycles. The van der Waals surface area contributed by atoms with Gasteiger partial charge in [-0.25, -0.2) is 0 Å². The van der Waals surface area contributed by atoms with E-state index < -0.39 is 0 Å². The smallest absolute Gasteiger partial charge is 0.247 e. The van der Waals surface area contributed by atoms with E-state index in [1.807, 2.05) is 36.2 Å². The number of hydrogen-bond donors (Lipinski definition) is 0. The molecule has 0 bridgehead atoms. The van der Waals surface area contributed by atoms with Gasteiger partial charge >= 0.3 is 0 Å². The number of carbonyl (C=O) groups is 1. The number of methoxy groups -OCH3 is 2. The summed E-state index contributed by atoms with van der Waals surface area (Å²) in [4.78, 5) is 14.6. The molecule has 1 amide bonds. The molecule has 0 spiro atoms. The monoisotopic (exact) mass is 315 g/mol. The van der Waals surface area contributed by atoms with Gasteiger partial charge < -0.3 is 14.4 Å². The van der Waals surface area contributed by atoms with Gasteiger partial charge in [-0.05, 0) is 42.7 Å². The Labute approximate surface area is 135 Å². The van der Waals surface area contributed by atoms with Crippen molar-refractivity contribution in [2.24, 2.45) is 0 Å². The van der Waals surface area contributed by atoms with Crippen molar-refractivity contribution in [3.63, 3.8) is 0 Å². The highest BCUT2D eigenvalue weighted by Gasteiger charge is 2.26. The summed E-state index contributed by atoms with van der Waals surface area (Å²) in [6.45, 7) is 3.16. The summed E-state index contributed by atoms with van der Waals surface area (Å²) in [5.41, 5.74) is 2.31. The van der Waals surface area contributed by atoms with Crippen LogP contribution in [-0.2, 0) is 17.8 Å². The van der Waals surface area contributed by atoms with Crippen molar-refractivity contribution in [1.29, 1.82) is 0 Å². The van der Waals surface area contributed by atoms with Crippen molar-refractivity contribution in [3.05, 3.63) is 41.7 Å². The Bertz CT molecular complexity index is 697. The molecule has 0 radical (unpaired) electrons. The van der Waals surface area contributed by atoms with E-state index in [0.717, 1.165) is 17.7 Å². The molecule has 0 aliphatic carbocycles. The number of ether oxygens (including phenoxy) is 2. The summed E-state index contributed by atoms with van der Waals surface area (Å²) in [5.74, 6) is 1.51. The molecule has 1 atom stereocenters. The molecule has 122 valence electrons. The zero-order valence-corrected chi connectivity index (χ0v) is 13.7. The predicted molar refractivity (Wildman–Crippen MR) is 85.6 cm³/mol. The Hall–Kier alpha value is -2.50. The lowest BCUT2D eigenvalue weighted by atomic mass is 9.98. The fraction of sp³-hybridized carbons (Fsp3) is 0.412. The number of carbonyl (C=O) groups excluding carboxylic acids is 1. The number of amides is 1. The van der Waals surface area contributed by atoms with Crippen LogP contribution >= 0.6 is 0 Å². The van der Waals surface area contributed by atoms with Crippen LogP contribution in [0.25, 0.3) is 0 Å². The molecule has 0 saturated heterocycles. The molecule has 3 rings (SSSR count). The number of rotatable bonds is 4. The van der Waals surface area contributed by atoms with E-state index in [4.69, 9.17) is 9.47 Å². The predicted octanol–water partition coefficient (Wildman–Crippen LogP) is 2.05. The van der Waals surface area contributed by atoms with Gasteiger partial charge in [-0.3, -0.25) is 9.48 Å². The number of hydrogen-bond acceptors (Lipinski definition) is 4. The van der Waals surface area contributed by atoms with Gasteiger partial charge in [0.25, 0.3) is 0 Å². The van der Waals surface area contributed by atoms with E-state index in [1.165, 1.54) is 5.56 Å². The lowest BCUT2D eigenvalue weighted by Crippen LogP contribution is -2.39. The molecule has 0 N–H and O–H groups in total. The molecule has 2 aromatic rings. The van der Waals surface area contributed by atoms with Gasteiger partial charge in [0.05, 0.1) is 14.2 Å². The van der Waals surface area contributed by atoms with E-state index in [9.17, 15) is 4.79 Å². The highest BCUT2D eigenvalue weighted by molar-refractivity contribution is 5.80. The van der Waals surface area contributed by atoms with Crippen LogP contribution in [0.5, 0.6) is 11.5 Å². The van der Waals surface area contributed by atoms with E-state index >= 15 is 0 Å². The second-order valence-electron chi connectivity index (χ2n) is 5.65. The number of fused-ring (bicyclic) bond motifs is 1. The summed E-state index contributed by atoms with van der Waals surface area (Å²) >= 11 is 0. The zero-order valence-electron chi connectivity index (χ0n) is 13.7. The molecule has 1 aromatic carbocycles. The number of aromatic nitrogens is 2. The minimum Gasteiger partial charge on any atom is -0.493 e. The molecule has 0 fully saturated rings. The van der Waals surface area contributed by atoms with Crippen LogP contribution in [0.15, 0.2) is 30.6 Å². The largest absolute Gasteiger partial charge is 0.493 e. The van der Waals surface area contributed by atoms with E-state index in [1.54, 1.807) is 25.1 Å². The second kappa shape index (κ2) is 6.32. The average molecular weight is 315 g/mol. The third-order valence-corrected chi connectivity index (χ3v) is 4.31. The lowest BCUT2D eigenvalue weighted by Gasteiger charge is -2.31. The first kappa shape index (κ1) is 15.4. The van der Waals surface area contributed by atoms with E-state index in [0.29, 0.717) is 18.8 Å². The lowest BCUT2D eigenvalue weighted by molar-refractivity contribution is -0.135. The first-order valence-electron chi connectivity index (χ1n) is 7.65. The van der Waals surface area contributed by atoms with Crippen molar-refractivity contribution < 1.29 is 14.3 Å². The fourth-order valence-corrected chi connectivity index (χ4v) is 2.96. The average Bonchev–Trinajstić information content (AvgIpc) is 3.13. The van der Waals surface area contributed by atoms with Gasteiger partial charge in [0.15, 0.2) is 11.5 Å². The fourth-order valence-electron chi connectivity index (χ4n) is 2.96. The summed E-state index contributed by atoms with van der Waals surface area (Å²) in [7, 11) is 3.25. The second-order valence-corrected chi connectivity index (χ2v) is 5.65. The van der Waals surface area contributed by atoms with Crippen LogP contribution in [-0.4, -0.2) is 41.4 Å². The standard InChI is InChI=1S/C17H21N3O3/c1-12(20-7-4-6-18-20)17(21)19-8-5-13-9-15(22-2)16(23-3)10-14(13)11-19/h4,6-7,9-10,12H,5,8,11H2,1-3H3/t12-/m0/s1. The highest BCUT2D eigenvalue weighted by atomic mass is 16.5. The van der Waals surface area contributed by atoms with Crippen molar-refractivity contribution in [2.75, 3.05) is 20.8 Å². The molecule has 0 unspecified atom stereocenters. The van der Waals surface area contributed by atoms with Crippen molar-refractivity contribution in [1.82, 2.24) is 14.7 Å². The molecule has 6 heteroatoms. The summed E-state index contributed by atoms with van der Waals surface area (Å²) < 4.78 is 12.4. The van der Waals surface area contributed by atoms with Gasteiger partial charge in [0.1, 0.15) is 6.04 Å². The Morgan fingerprint density at radius 1 is 1.22 bits per heavy atom. The van der Waals surface area contributed by atoms with Gasteiger partial charge in [-0.15, -0.1) is 0 Å². The Balaban J connectivity index is 1.81. The summed E-state index contributed by atoms with van der Waals surface area (Å²) in [6, 6.07) is 5.50. The van der Waals surface area contributed by atoms with Gasteiger partial charge in [0, 0.05) is 25.5 Å². The molecular weight excluding hydrogens is 294 g/mol. The van der Waals surface area contributed by atoms with Crippen LogP contribution in [0.2, 0.25) is 0 Å². The number of benzene rings is 1. The normalized spacial score (nSPS) is 15.0. The minimum absolute atomic E-state index is 0.0779. The highest BCUT2D eigenvalue weighted by Crippen LogP contribution is 2.33. The van der Waals surface area contributed by atoms with Gasteiger partial charge in [-0.1, -0.05) is 0 Å². The van der Waals surface area contributed by atoms with Crippen LogP contribution in [0.3, 0.4) is 0 Å². The minimum atomic E-state index is -0.299. The molecule has 1 aliphatic heterocycles. The molecule has 2 heterocycles. The Morgan fingerprint density at radius 2 is 1.91 bits per heavy atom. The van der Waals surface area contributed by atoms with Gasteiger partial charge in [0.2, 0.25) is 5.91 Å². The maximum Gasteiger partial charge on any atom is 0.247 e. The van der Waals surface area contributed by atoms with Crippen LogP contribution < -0.4 is 9.47 Å². The van der Waals surface area contributed by atoms with E-state index in [2.05, 4.69) is 5.10 Å². The van der Waals surface area contributed by atoms with Crippen LogP contribution in [0.1, 0.15) is 24.1 Å². The first-order chi connectivity index (χ1) is 11.1. The van der Waals surface area contributed by atoms with Crippen LogP contribution in [0.4, 0.5) is 0 Å². The third kappa shape index (κ3) is 2.88. The Kier molecular flexibility index (Phi) is 4.23. The summed E-state index contributed by atoms with van der Waals surface area (Å²) in [6.07, 6.45) is 4.31. The van der Waals surface area contributed by atoms with Crippen LogP contribution in [0, 0.1) is 0 Å². The first-order valence-corrected chi connectivity index (χ1v) is 7.65. The number of nitrogens with zero attached hydrogens (tertiary/aromatic N) is 3. The molecular formula is C17H21N3O3. The maximum atomic E-state index is 12.7. The SMILES string of the molecule is COc1cc2c(cc1OC)CN(C(=O)[C@H](C)n1cccn1)CC2. The quantitative estimate of drug-likeness (QED) is 0.866. The third-order valence-electron chi connectivity index (χ3n) is 4.31. The maximum absolute atomic E-state index is 12.7. The molecule has 1 aromatic heterocycles.